The molecule has 1 rings (SSSR count). The Morgan fingerprint density at radius 2 is 2.05 bits per heavy atom. The van der Waals surface area contributed by atoms with Crippen LogP contribution in [0, 0.1) is 0 Å². The van der Waals surface area contributed by atoms with Crippen molar-refractivity contribution < 1.29 is 9.53 Å². The molecule has 2 N–H and O–H groups in total. The summed E-state index contributed by atoms with van der Waals surface area (Å²) in [6.07, 6.45) is 0. The van der Waals surface area contributed by atoms with Gasteiger partial charge < -0.3 is 15.4 Å². The summed E-state index contributed by atoms with van der Waals surface area (Å²) in [6, 6.07) is 8.02. The van der Waals surface area contributed by atoms with E-state index in [1.807, 2.05) is 18.2 Å². The maximum Gasteiger partial charge on any atom is 0.238 e. The van der Waals surface area contributed by atoms with Crippen molar-refractivity contribution in [3.05, 3.63) is 29.8 Å². The number of anilines is 1. The van der Waals surface area contributed by atoms with Gasteiger partial charge in [-0.05, 0) is 30.8 Å². The molecule has 0 fully saturated rings. The Labute approximate surface area is 127 Å². The lowest BCUT2D eigenvalue weighted by molar-refractivity contribution is -0.115. The van der Waals surface area contributed by atoms with Crippen molar-refractivity contribution in [1.82, 2.24) is 10.2 Å². The molecular formula is C16H27N3O2. The van der Waals surface area contributed by atoms with Crippen LogP contribution in [0.5, 0.6) is 0 Å². The predicted octanol–water partition coefficient (Wildman–Crippen LogP) is 1.70. The van der Waals surface area contributed by atoms with Gasteiger partial charge in [-0.2, -0.15) is 0 Å². The number of methoxy groups -OCH3 is 1. The van der Waals surface area contributed by atoms with Gasteiger partial charge in [0.15, 0.2) is 0 Å². The Bertz CT molecular complexity index is 420. The Balaban J connectivity index is 2.46. The molecule has 1 aromatic rings. The molecular weight excluding hydrogens is 266 g/mol. The molecule has 0 spiro atoms. The van der Waals surface area contributed by atoms with Crippen molar-refractivity contribution in [1.29, 1.82) is 0 Å². The van der Waals surface area contributed by atoms with Gasteiger partial charge in [0.05, 0.1) is 13.2 Å². The van der Waals surface area contributed by atoms with E-state index in [0.29, 0.717) is 19.7 Å². The highest BCUT2D eigenvalue weighted by Crippen LogP contribution is 2.12. The van der Waals surface area contributed by atoms with E-state index < -0.39 is 0 Å². The quantitative estimate of drug-likeness (QED) is 0.645. The van der Waals surface area contributed by atoms with Gasteiger partial charge in [0.25, 0.3) is 0 Å². The SMILES string of the molecule is CCN(CC)Cc1cccc(NC(=O)CNCCOC)c1. The predicted molar refractivity (Wildman–Crippen MR) is 86.4 cm³/mol. The molecule has 21 heavy (non-hydrogen) atoms. The molecule has 0 aliphatic carbocycles. The molecule has 0 aliphatic heterocycles. The monoisotopic (exact) mass is 293 g/mol. The van der Waals surface area contributed by atoms with Gasteiger partial charge in [0.1, 0.15) is 0 Å². The second kappa shape index (κ2) is 10.3. The number of benzene rings is 1. The summed E-state index contributed by atoms with van der Waals surface area (Å²) < 4.78 is 4.92. The topological polar surface area (TPSA) is 53.6 Å². The third-order valence-electron chi connectivity index (χ3n) is 3.28. The molecule has 5 heteroatoms. The van der Waals surface area contributed by atoms with Crippen LogP contribution in [-0.4, -0.2) is 50.7 Å². The molecule has 1 aromatic carbocycles. The first-order chi connectivity index (χ1) is 10.2. The zero-order chi connectivity index (χ0) is 15.5. The van der Waals surface area contributed by atoms with E-state index in [2.05, 4.69) is 35.4 Å². The third-order valence-corrected chi connectivity index (χ3v) is 3.28. The van der Waals surface area contributed by atoms with Crippen LogP contribution in [0.1, 0.15) is 19.4 Å². The van der Waals surface area contributed by atoms with Gasteiger partial charge in [-0.3, -0.25) is 9.69 Å². The average molecular weight is 293 g/mol. The smallest absolute Gasteiger partial charge is 0.238 e. The van der Waals surface area contributed by atoms with Gasteiger partial charge >= 0.3 is 0 Å². The van der Waals surface area contributed by atoms with Crippen LogP contribution >= 0.6 is 0 Å². The summed E-state index contributed by atoms with van der Waals surface area (Å²) in [5, 5.41) is 5.93. The molecule has 0 heterocycles. The van der Waals surface area contributed by atoms with E-state index in [1.54, 1.807) is 7.11 Å². The van der Waals surface area contributed by atoms with Crippen LogP contribution in [0.2, 0.25) is 0 Å². The fourth-order valence-corrected chi connectivity index (χ4v) is 2.03. The fraction of sp³-hybridized carbons (Fsp3) is 0.562. The number of carbonyl (C=O) groups excluding carboxylic acids is 1. The summed E-state index contributed by atoms with van der Waals surface area (Å²) in [6.45, 7) is 8.83. The van der Waals surface area contributed by atoms with Crippen LogP contribution in [0.25, 0.3) is 0 Å². The van der Waals surface area contributed by atoms with Crippen LogP contribution in [-0.2, 0) is 16.1 Å². The zero-order valence-corrected chi connectivity index (χ0v) is 13.3. The molecule has 0 radical (unpaired) electrons. The second-order valence-electron chi connectivity index (χ2n) is 4.88. The molecule has 0 atom stereocenters. The zero-order valence-electron chi connectivity index (χ0n) is 13.3. The third kappa shape index (κ3) is 7.22. The van der Waals surface area contributed by atoms with E-state index in [1.165, 1.54) is 5.56 Å². The standard InChI is InChI=1S/C16H27N3O2/c1-4-19(5-2)13-14-7-6-8-15(11-14)18-16(20)12-17-9-10-21-3/h6-8,11,17H,4-5,9-10,12-13H2,1-3H3,(H,18,20). The first kappa shape index (κ1) is 17.6. The summed E-state index contributed by atoms with van der Waals surface area (Å²) >= 11 is 0. The number of hydrogen-bond donors (Lipinski definition) is 2. The van der Waals surface area contributed by atoms with Crippen molar-refractivity contribution in [2.24, 2.45) is 0 Å². The number of amides is 1. The number of nitrogens with one attached hydrogen (secondary N) is 2. The molecule has 0 saturated heterocycles. The van der Waals surface area contributed by atoms with Gasteiger partial charge in [-0.1, -0.05) is 26.0 Å². The van der Waals surface area contributed by atoms with Crippen LogP contribution in [0.15, 0.2) is 24.3 Å². The van der Waals surface area contributed by atoms with Gasteiger partial charge in [-0.25, -0.2) is 0 Å². The molecule has 5 nitrogen and oxygen atoms in total. The average Bonchev–Trinajstić information content (AvgIpc) is 2.49. The Hall–Kier alpha value is -1.43. The van der Waals surface area contributed by atoms with Crippen molar-refractivity contribution in [2.75, 3.05) is 45.2 Å². The number of carbonyl (C=O) groups is 1. The van der Waals surface area contributed by atoms with Crippen molar-refractivity contribution in [3.63, 3.8) is 0 Å². The van der Waals surface area contributed by atoms with Crippen LogP contribution in [0.4, 0.5) is 5.69 Å². The van der Waals surface area contributed by atoms with Gasteiger partial charge in [0.2, 0.25) is 5.91 Å². The Morgan fingerprint density at radius 3 is 2.71 bits per heavy atom. The highest BCUT2D eigenvalue weighted by molar-refractivity contribution is 5.92. The summed E-state index contributed by atoms with van der Waals surface area (Å²) in [4.78, 5) is 14.1. The minimum atomic E-state index is -0.0360. The minimum Gasteiger partial charge on any atom is -0.383 e. The largest absolute Gasteiger partial charge is 0.383 e. The van der Waals surface area contributed by atoms with Crippen molar-refractivity contribution >= 4 is 11.6 Å². The van der Waals surface area contributed by atoms with E-state index in [0.717, 1.165) is 25.3 Å². The maximum absolute atomic E-state index is 11.8. The van der Waals surface area contributed by atoms with Gasteiger partial charge in [0, 0.05) is 25.9 Å². The molecule has 118 valence electrons. The lowest BCUT2D eigenvalue weighted by atomic mass is 10.2. The van der Waals surface area contributed by atoms with Crippen molar-refractivity contribution in [3.8, 4) is 0 Å². The molecule has 0 saturated carbocycles. The van der Waals surface area contributed by atoms with E-state index >= 15 is 0 Å². The lowest BCUT2D eigenvalue weighted by Crippen LogP contribution is -2.30. The number of hydrogen-bond acceptors (Lipinski definition) is 4. The number of nitrogens with zero attached hydrogens (tertiary/aromatic N) is 1. The second-order valence-corrected chi connectivity index (χ2v) is 4.88. The summed E-state index contributed by atoms with van der Waals surface area (Å²) in [7, 11) is 1.64. The van der Waals surface area contributed by atoms with E-state index in [9.17, 15) is 4.79 Å². The Morgan fingerprint density at radius 1 is 1.29 bits per heavy atom. The normalized spacial score (nSPS) is 10.9. The van der Waals surface area contributed by atoms with Crippen molar-refractivity contribution in [2.45, 2.75) is 20.4 Å². The molecule has 1 amide bonds. The number of rotatable bonds is 10. The molecule has 0 bridgehead atoms. The van der Waals surface area contributed by atoms with Crippen LogP contribution in [0.3, 0.4) is 0 Å². The highest BCUT2D eigenvalue weighted by atomic mass is 16.5. The molecule has 0 aliphatic rings. The summed E-state index contributed by atoms with van der Waals surface area (Å²) in [5.74, 6) is -0.0360. The van der Waals surface area contributed by atoms with Gasteiger partial charge in [-0.15, -0.1) is 0 Å². The minimum absolute atomic E-state index is 0.0360. The highest BCUT2D eigenvalue weighted by Gasteiger charge is 2.04. The molecule has 0 unspecified atom stereocenters. The maximum atomic E-state index is 11.8. The first-order valence-corrected chi connectivity index (χ1v) is 7.50. The van der Waals surface area contributed by atoms with E-state index in [-0.39, 0.29) is 5.91 Å². The first-order valence-electron chi connectivity index (χ1n) is 7.50. The van der Waals surface area contributed by atoms with E-state index in [4.69, 9.17) is 4.74 Å². The fourth-order valence-electron chi connectivity index (χ4n) is 2.03. The molecule has 0 aromatic heterocycles. The lowest BCUT2D eigenvalue weighted by Gasteiger charge is -2.18. The summed E-state index contributed by atoms with van der Waals surface area (Å²) in [5.41, 5.74) is 2.06. The Kier molecular flexibility index (Phi) is 8.66. The number of ether oxygens (including phenoxy) is 1. The van der Waals surface area contributed by atoms with Crippen LogP contribution < -0.4 is 10.6 Å².